The van der Waals surface area contributed by atoms with E-state index < -0.39 is 0 Å². The Bertz CT molecular complexity index is 340. The first-order chi connectivity index (χ1) is 9.21. The molecule has 1 saturated heterocycles. The number of allylic oxidation sites excluding steroid dienone is 4. The molecule has 0 aromatic rings. The zero-order valence-electron chi connectivity index (χ0n) is 13.0. The van der Waals surface area contributed by atoms with Gasteiger partial charge in [0.2, 0.25) is 0 Å². The van der Waals surface area contributed by atoms with Crippen molar-refractivity contribution in [1.82, 2.24) is 15.5 Å². The number of rotatable bonds is 5. The average Bonchev–Trinajstić information content (AvgIpc) is 2.86. The van der Waals surface area contributed by atoms with Gasteiger partial charge in [-0.1, -0.05) is 38.7 Å². The fourth-order valence-electron chi connectivity index (χ4n) is 1.89. The average molecular weight is 263 g/mol. The second kappa shape index (κ2) is 10.6. The smallest absolute Gasteiger partial charge is 0.0483 e. The predicted molar refractivity (Wildman–Crippen MR) is 86.0 cm³/mol. The maximum Gasteiger partial charge on any atom is 0.0483 e. The summed E-state index contributed by atoms with van der Waals surface area (Å²) < 4.78 is 0. The summed E-state index contributed by atoms with van der Waals surface area (Å²) in [4.78, 5) is 2.27. The summed E-state index contributed by atoms with van der Waals surface area (Å²) >= 11 is 0. The molecule has 0 saturated carbocycles. The van der Waals surface area contributed by atoms with Crippen molar-refractivity contribution in [2.24, 2.45) is 0 Å². The van der Waals surface area contributed by atoms with Crippen LogP contribution in [0.5, 0.6) is 0 Å². The van der Waals surface area contributed by atoms with E-state index in [0.29, 0.717) is 6.04 Å². The molecule has 1 atom stereocenters. The van der Waals surface area contributed by atoms with E-state index in [4.69, 9.17) is 0 Å². The van der Waals surface area contributed by atoms with E-state index in [-0.39, 0.29) is 0 Å². The second-order valence-electron chi connectivity index (χ2n) is 4.21. The molecule has 0 amide bonds. The molecule has 0 radical (unpaired) electrons. The summed E-state index contributed by atoms with van der Waals surface area (Å²) in [5.41, 5.74) is 2.36. The molecule has 2 N–H and O–H groups in total. The minimum Gasteiger partial charge on any atom is -0.388 e. The Kier molecular flexibility index (Phi) is 9.85. The van der Waals surface area contributed by atoms with Crippen LogP contribution in [-0.2, 0) is 0 Å². The third-order valence-electron chi connectivity index (χ3n) is 2.77. The van der Waals surface area contributed by atoms with Gasteiger partial charge < -0.3 is 5.32 Å². The quantitative estimate of drug-likeness (QED) is 0.747. The topological polar surface area (TPSA) is 27.3 Å². The Morgan fingerprint density at radius 1 is 1.42 bits per heavy atom. The van der Waals surface area contributed by atoms with Crippen LogP contribution in [0.2, 0.25) is 0 Å². The molecular weight excluding hydrogens is 234 g/mol. The van der Waals surface area contributed by atoms with E-state index in [9.17, 15) is 0 Å². The molecular formula is C16H29N3. The van der Waals surface area contributed by atoms with Crippen LogP contribution in [0.25, 0.3) is 0 Å². The minimum absolute atomic E-state index is 0.381. The van der Waals surface area contributed by atoms with Crippen molar-refractivity contribution in [2.45, 2.75) is 26.8 Å². The Morgan fingerprint density at radius 2 is 2.11 bits per heavy atom. The van der Waals surface area contributed by atoms with Crippen LogP contribution in [0.15, 0.2) is 48.2 Å². The zero-order chi connectivity index (χ0) is 14.7. The number of nitrogens with one attached hydrogen (secondary N) is 2. The van der Waals surface area contributed by atoms with Gasteiger partial charge in [-0.15, -0.1) is 0 Å². The van der Waals surface area contributed by atoms with Crippen LogP contribution in [0, 0.1) is 0 Å². The lowest BCUT2D eigenvalue weighted by atomic mass is 10.1. The highest BCUT2D eigenvalue weighted by Gasteiger charge is 2.20. The van der Waals surface area contributed by atoms with Gasteiger partial charge in [0, 0.05) is 32.0 Å². The molecule has 0 spiro atoms. The Morgan fingerprint density at radius 3 is 2.53 bits per heavy atom. The molecule has 0 bridgehead atoms. The van der Waals surface area contributed by atoms with Gasteiger partial charge in [0.05, 0.1) is 0 Å². The van der Waals surface area contributed by atoms with Crippen LogP contribution in [0.3, 0.4) is 0 Å². The van der Waals surface area contributed by atoms with Crippen molar-refractivity contribution in [2.75, 3.05) is 27.3 Å². The van der Waals surface area contributed by atoms with Gasteiger partial charge in [0.15, 0.2) is 0 Å². The molecule has 1 rings (SSSR count). The molecule has 1 heterocycles. The molecule has 1 aliphatic heterocycles. The lowest BCUT2D eigenvalue weighted by Crippen LogP contribution is -2.25. The van der Waals surface area contributed by atoms with Gasteiger partial charge in [0.25, 0.3) is 0 Å². The molecule has 0 aromatic heterocycles. The molecule has 19 heavy (non-hydrogen) atoms. The zero-order valence-corrected chi connectivity index (χ0v) is 13.0. The first kappa shape index (κ1) is 17.7. The molecule has 3 nitrogen and oxygen atoms in total. The Labute approximate surface area is 118 Å². The standard InChI is InChI=1S/C14H23N3.C2H6/c1-5-7-12(9-13(15-3)8-6-2)14-10-17(4)11-16-14;1-2/h5-9,14-16H,1,10-11H2,2-4H3;1-2H3/b8-6-,12-7+,13-9+;. The van der Waals surface area contributed by atoms with Crippen molar-refractivity contribution in [3.63, 3.8) is 0 Å². The monoisotopic (exact) mass is 263 g/mol. The van der Waals surface area contributed by atoms with Crippen molar-refractivity contribution in [3.8, 4) is 0 Å². The van der Waals surface area contributed by atoms with E-state index in [1.54, 1.807) is 0 Å². The first-order valence-electron chi connectivity index (χ1n) is 6.98. The summed E-state index contributed by atoms with van der Waals surface area (Å²) in [6.45, 7) is 11.8. The number of nitrogens with zero attached hydrogens (tertiary/aromatic N) is 1. The summed E-state index contributed by atoms with van der Waals surface area (Å²) in [6, 6.07) is 0.381. The fourth-order valence-corrected chi connectivity index (χ4v) is 1.89. The third-order valence-corrected chi connectivity index (χ3v) is 2.77. The van der Waals surface area contributed by atoms with Crippen molar-refractivity contribution < 1.29 is 0 Å². The summed E-state index contributed by atoms with van der Waals surface area (Å²) in [6.07, 6.45) is 10.2. The van der Waals surface area contributed by atoms with Crippen molar-refractivity contribution in [1.29, 1.82) is 0 Å². The van der Waals surface area contributed by atoms with Crippen LogP contribution in [-0.4, -0.2) is 38.3 Å². The molecule has 108 valence electrons. The highest BCUT2D eigenvalue weighted by atomic mass is 15.3. The van der Waals surface area contributed by atoms with Gasteiger partial charge in [-0.3, -0.25) is 10.2 Å². The minimum atomic E-state index is 0.381. The lowest BCUT2D eigenvalue weighted by Gasteiger charge is -2.13. The Hall–Kier alpha value is -1.32. The normalized spacial score (nSPS) is 21.2. The van der Waals surface area contributed by atoms with E-state index in [1.807, 2.05) is 40.0 Å². The van der Waals surface area contributed by atoms with Crippen molar-refractivity contribution >= 4 is 0 Å². The van der Waals surface area contributed by atoms with Crippen molar-refractivity contribution in [3.05, 3.63) is 48.2 Å². The Balaban J connectivity index is 0.00000154. The SMILES string of the molecule is C=C\C=C(/C=C(\C=C/C)NC)C1CN(C)CN1.CC. The predicted octanol–water partition coefficient (Wildman–Crippen LogP) is 2.67. The molecule has 0 aromatic carbocycles. The highest BCUT2D eigenvalue weighted by Crippen LogP contribution is 2.12. The molecule has 0 aliphatic carbocycles. The van der Waals surface area contributed by atoms with Crippen LogP contribution in [0.4, 0.5) is 0 Å². The van der Waals surface area contributed by atoms with Crippen LogP contribution >= 0.6 is 0 Å². The maximum absolute atomic E-state index is 3.78. The number of hydrogen-bond donors (Lipinski definition) is 2. The largest absolute Gasteiger partial charge is 0.388 e. The van der Waals surface area contributed by atoms with Gasteiger partial charge in [0.1, 0.15) is 0 Å². The van der Waals surface area contributed by atoms with E-state index in [0.717, 1.165) is 18.9 Å². The highest BCUT2D eigenvalue weighted by molar-refractivity contribution is 5.35. The molecule has 1 unspecified atom stereocenters. The summed E-state index contributed by atoms with van der Waals surface area (Å²) in [5.74, 6) is 0. The first-order valence-corrected chi connectivity index (χ1v) is 6.98. The summed E-state index contributed by atoms with van der Waals surface area (Å²) in [7, 11) is 4.05. The van der Waals surface area contributed by atoms with E-state index >= 15 is 0 Å². The summed E-state index contributed by atoms with van der Waals surface area (Å²) in [5, 5.41) is 6.66. The molecule has 3 heteroatoms. The van der Waals surface area contributed by atoms with Gasteiger partial charge in [-0.25, -0.2) is 0 Å². The van der Waals surface area contributed by atoms with Gasteiger partial charge in [-0.05, 0) is 31.7 Å². The second-order valence-corrected chi connectivity index (χ2v) is 4.21. The van der Waals surface area contributed by atoms with Gasteiger partial charge in [-0.2, -0.15) is 0 Å². The van der Waals surface area contributed by atoms with E-state index in [2.05, 4.69) is 47.4 Å². The molecule has 1 aliphatic rings. The molecule has 1 fully saturated rings. The third kappa shape index (κ3) is 6.41. The maximum atomic E-state index is 3.78. The fraction of sp³-hybridized carbons (Fsp3) is 0.500. The van der Waals surface area contributed by atoms with Gasteiger partial charge >= 0.3 is 0 Å². The number of likely N-dealkylation sites (N-methyl/N-ethyl adjacent to an activating group) is 2. The van der Waals surface area contributed by atoms with Crippen LogP contribution in [0.1, 0.15) is 20.8 Å². The van der Waals surface area contributed by atoms with Crippen LogP contribution < -0.4 is 10.6 Å². The van der Waals surface area contributed by atoms with E-state index in [1.165, 1.54) is 5.57 Å². The number of hydrogen-bond acceptors (Lipinski definition) is 3. The lowest BCUT2D eigenvalue weighted by molar-refractivity contribution is 0.409.